The normalized spacial score (nSPS) is 12.8. The average molecular weight is 257 g/mol. The lowest BCUT2D eigenvalue weighted by Crippen LogP contribution is -2.31. The topological polar surface area (TPSA) is 97.4 Å². The summed E-state index contributed by atoms with van der Waals surface area (Å²) in [7, 11) is -6.91. The first-order valence-corrected chi connectivity index (χ1v) is 7.87. The molecule has 0 aromatic carbocycles. The van der Waals surface area contributed by atoms with Crippen LogP contribution in [-0.2, 0) is 24.7 Å². The molecule has 0 saturated carbocycles. The molecular weight excluding hydrogens is 242 g/mol. The molecule has 0 radical (unpaired) electrons. The highest BCUT2D eigenvalue weighted by Crippen LogP contribution is 2.02. The first-order chi connectivity index (χ1) is 6.54. The van der Waals surface area contributed by atoms with Gasteiger partial charge < -0.3 is 0 Å². The zero-order chi connectivity index (χ0) is 12.3. The maximum Gasteiger partial charge on any atom is 0.234 e. The Kier molecular flexibility index (Phi) is 4.72. The predicted octanol–water partition coefficient (Wildman–Crippen LogP) is -0.724. The van der Waals surface area contributed by atoms with Crippen molar-refractivity contribution in [2.24, 2.45) is 0 Å². The Morgan fingerprint density at radius 3 is 2.00 bits per heavy atom. The summed E-state index contributed by atoms with van der Waals surface area (Å²) in [6.45, 7) is 3.01. The molecular formula is C7H15NO5S2. The lowest BCUT2D eigenvalue weighted by atomic mass is 10.5. The van der Waals surface area contributed by atoms with Crippen LogP contribution in [0.4, 0.5) is 0 Å². The van der Waals surface area contributed by atoms with Crippen LogP contribution in [0.3, 0.4) is 0 Å². The SMILES string of the molecule is CC(C)S(=O)(=O)CCC(=O)NS(C)(=O)=O. The molecule has 6 nitrogen and oxygen atoms in total. The van der Waals surface area contributed by atoms with Crippen LogP contribution in [0.2, 0.25) is 0 Å². The third-order valence-electron chi connectivity index (χ3n) is 1.63. The van der Waals surface area contributed by atoms with Crippen molar-refractivity contribution in [1.82, 2.24) is 4.72 Å². The molecule has 0 aromatic heterocycles. The van der Waals surface area contributed by atoms with Crippen LogP contribution >= 0.6 is 0 Å². The number of carbonyl (C=O) groups excluding carboxylic acids is 1. The van der Waals surface area contributed by atoms with Gasteiger partial charge in [0.15, 0.2) is 9.84 Å². The van der Waals surface area contributed by atoms with Crippen LogP contribution in [0.5, 0.6) is 0 Å². The van der Waals surface area contributed by atoms with Crippen molar-refractivity contribution in [3.05, 3.63) is 0 Å². The Labute approximate surface area is 90.0 Å². The highest BCUT2D eigenvalue weighted by Gasteiger charge is 2.18. The maximum absolute atomic E-state index is 11.3. The molecule has 15 heavy (non-hydrogen) atoms. The van der Waals surface area contributed by atoms with Crippen molar-refractivity contribution in [2.45, 2.75) is 25.5 Å². The molecule has 0 rings (SSSR count). The molecule has 0 aliphatic rings. The first kappa shape index (κ1) is 14.4. The van der Waals surface area contributed by atoms with Gasteiger partial charge in [-0.1, -0.05) is 0 Å². The number of sulfone groups is 1. The molecule has 90 valence electrons. The van der Waals surface area contributed by atoms with Crippen LogP contribution in [0.25, 0.3) is 0 Å². The van der Waals surface area contributed by atoms with E-state index in [1.807, 2.05) is 0 Å². The van der Waals surface area contributed by atoms with Crippen LogP contribution in [0, 0.1) is 0 Å². The minimum Gasteiger partial charge on any atom is -0.274 e. The summed E-state index contributed by atoms with van der Waals surface area (Å²) in [4.78, 5) is 11.0. The molecule has 1 amide bonds. The number of rotatable bonds is 5. The van der Waals surface area contributed by atoms with Gasteiger partial charge in [0.1, 0.15) is 0 Å². The molecule has 0 atom stereocenters. The van der Waals surface area contributed by atoms with Gasteiger partial charge >= 0.3 is 0 Å². The van der Waals surface area contributed by atoms with E-state index in [2.05, 4.69) is 0 Å². The number of hydrogen-bond acceptors (Lipinski definition) is 5. The van der Waals surface area contributed by atoms with Gasteiger partial charge in [-0.25, -0.2) is 16.8 Å². The van der Waals surface area contributed by atoms with E-state index in [4.69, 9.17) is 0 Å². The monoisotopic (exact) mass is 257 g/mol. The quantitative estimate of drug-likeness (QED) is 0.700. The predicted molar refractivity (Wildman–Crippen MR) is 56.5 cm³/mol. The van der Waals surface area contributed by atoms with Crippen molar-refractivity contribution in [3.63, 3.8) is 0 Å². The van der Waals surface area contributed by atoms with E-state index in [1.54, 1.807) is 4.72 Å². The van der Waals surface area contributed by atoms with E-state index in [1.165, 1.54) is 13.8 Å². The van der Waals surface area contributed by atoms with Crippen molar-refractivity contribution in [3.8, 4) is 0 Å². The summed E-state index contributed by atoms with van der Waals surface area (Å²) in [5, 5.41) is -0.566. The van der Waals surface area contributed by atoms with Crippen molar-refractivity contribution in [1.29, 1.82) is 0 Å². The fourth-order valence-electron chi connectivity index (χ4n) is 0.728. The van der Waals surface area contributed by atoms with E-state index in [9.17, 15) is 21.6 Å². The van der Waals surface area contributed by atoms with Gasteiger partial charge in [0.05, 0.1) is 17.3 Å². The molecule has 0 fully saturated rings. The van der Waals surface area contributed by atoms with E-state index < -0.39 is 31.0 Å². The zero-order valence-electron chi connectivity index (χ0n) is 8.85. The third kappa shape index (κ3) is 6.45. The largest absolute Gasteiger partial charge is 0.274 e. The number of amides is 1. The second kappa shape index (κ2) is 4.93. The van der Waals surface area contributed by atoms with Crippen LogP contribution in [0.15, 0.2) is 0 Å². The zero-order valence-corrected chi connectivity index (χ0v) is 10.5. The third-order valence-corrected chi connectivity index (χ3v) is 4.44. The molecule has 0 spiro atoms. The molecule has 0 heterocycles. The maximum atomic E-state index is 11.3. The number of sulfonamides is 1. The van der Waals surface area contributed by atoms with Gasteiger partial charge in [-0.05, 0) is 13.8 Å². The summed E-state index contributed by atoms with van der Waals surface area (Å²) < 4.78 is 45.5. The summed E-state index contributed by atoms with van der Waals surface area (Å²) in [5.41, 5.74) is 0. The fourth-order valence-corrected chi connectivity index (χ4v) is 2.19. The van der Waals surface area contributed by atoms with Crippen molar-refractivity contribution < 1.29 is 21.6 Å². The Morgan fingerprint density at radius 1 is 1.20 bits per heavy atom. The summed E-state index contributed by atoms with van der Waals surface area (Å²) >= 11 is 0. The summed E-state index contributed by atoms with van der Waals surface area (Å²) in [6, 6.07) is 0. The molecule has 0 bridgehead atoms. The van der Waals surface area contributed by atoms with Crippen LogP contribution < -0.4 is 4.72 Å². The van der Waals surface area contributed by atoms with Gasteiger partial charge in [0, 0.05) is 6.42 Å². The van der Waals surface area contributed by atoms with E-state index in [0.717, 1.165) is 6.26 Å². The Bertz CT molecular complexity index is 420. The first-order valence-electron chi connectivity index (χ1n) is 4.27. The Balaban J connectivity index is 4.26. The highest BCUT2D eigenvalue weighted by molar-refractivity contribution is 7.92. The van der Waals surface area contributed by atoms with E-state index in [0.29, 0.717) is 0 Å². The Morgan fingerprint density at radius 2 is 1.67 bits per heavy atom. The Hall–Kier alpha value is -0.630. The van der Waals surface area contributed by atoms with Crippen molar-refractivity contribution >= 4 is 25.8 Å². The minimum atomic E-state index is -3.61. The molecule has 0 unspecified atom stereocenters. The number of carbonyl (C=O) groups is 1. The summed E-state index contributed by atoms with van der Waals surface area (Å²) in [5.74, 6) is -1.15. The number of hydrogen-bond donors (Lipinski definition) is 1. The van der Waals surface area contributed by atoms with E-state index >= 15 is 0 Å². The van der Waals surface area contributed by atoms with Crippen LogP contribution in [-0.4, -0.2) is 40.0 Å². The molecule has 0 aliphatic carbocycles. The summed E-state index contributed by atoms with van der Waals surface area (Å²) in [6.07, 6.45) is 0.495. The fraction of sp³-hybridized carbons (Fsp3) is 0.857. The average Bonchev–Trinajstić information content (AvgIpc) is 1.97. The van der Waals surface area contributed by atoms with Gasteiger partial charge in [0.2, 0.25) is 15.9 Å². The lowest BCUT2D eigenvalue weighted by Gasteiger charge is -2.07. The van der Waals surface area contributed by atoms with Gasteiger partial charge in [0.25, 0.3) is 0 Å². The molecule has 0 aliphatic heterocycles. The minimum absolute atomic E-state index is 0.340. The number of nitrogens with one attached hydrogen (secondary N) is 1. The van der Waals surface area contributed by atoms with Gasteiger partial charge in [-0.2, -0.15) is 0 Å². The molecule has 8 heteroatoms. The van der Waals surface area contributed by atoms with Crippen molar-refractivity contribution in [2.75, 3.05) is 12.0 Å². The van der Waals surface area contributed by atoms with Gasteiger partial charge in [-0.3, -0.25) is 9.52 Å². The molecule has 0 aromatic rings. The lowest BCUT2D eigenvalue weighted by molar-refractivity contribution is -0.118. The smallest absolute Gasteiger partial charge is 0.234 e. The van der Waals surface area contributed by atoms with E-state index in [-0.39, 0.29) is 12.2 Å². The second-order valence-corrected chi connectivity index (χ2v) is 7.89. The van der Waals surface area contributed by atoms with Crippen LogP contribution in [0.1, 0.15) is 20.3 Å². The molecule has 1 N–H and O–H groups in total. The molecule has 0 saturated heterocycles. The second-order valence-electron chi connectivity index (χ2n) is 3.46. The highest BCUT2D eigenvalue weighted by atomic mass is 32.2. The standard InChI is InChI=1S/C7H15NO5S2/c1-6(2)15(12,13)5-4-7(9)8-14(3,10)11/h6H,4-5H2,1-3H3,(H,8,9). The van der Waals surface area contributed by atoms with Gasteiger partial charge in [-0.15, -0.1) is 0 Å².